The summed E-state index contributed by atoms with van der Waals surface area (Å²) in [5.41, 5.74) is 3.68. The smallest absolute Gasteiger partial charge is 0.306 e. The Kier molecular flexibility index (Phi) is 6.16. The molecule has 2 aromatic carbocycles. The van der Waals surface area contributed by atoms with Crippen LogP contribution >= 0.6 is 0 Å². The predicted octanol–water partition coefficient (Wildman–Crippen LogP) is 4.76. The number of hydrogen-bond acceptors (Lipinski definition) is 7. The second kappa shape index (κ2) is 9.66. The van der Waals surface area contributed by atoms with Crippen molar-refractivity contribution in [3.05, 3.63) is 84.6 Å². The number of oxazole rings is 1. The highest BCUT2D eigenvalue weighted by Gasteiger charge is 2.30. The number of nitrogens with zero attached hydrogens (tertiary/aromatic N) is 5. The van der Waals surface area contributed by atoms with E-state index in [1.165, 1.54) is 16.4 Å². The van der Waals surface area contributed by atoms with Crippen molar-refractivity contribution >= 4 is 21.8 Å². The number of aromatic nitrogens is 4. The van der Waals surface area contributed by atoms with Crippen molar-refractivity contribution < 1.29 is 17.2 Å². The van der Waals surface area contributed by atoms with Gasteiger partial charge in [-0.25, -0.2) is 22.8 Å². The predicted molar refractivity (Wildman–Crippen MR) is 140 cm³/mol. The molecule has 0 atom stereocenters. The van der Waals surface area contributed by atoms with Crippen LogP contribution in [0.15, 0.2) is 82.6 Å². The molecule has 0 bridgehead atoms. The summed E-state index contributed by atoms with van der Waals surface area (Å²) >= 11 is 0. The van der Waals surface area contributed by atoms with Crippen molar-refractivity contribution in [3.63, 3.8) is 0 Å². The van der Waals surface area contributed by atoms with Crippen LogP contribution in [0.2, 0.25) is 0 Å². The summed E-state index contributed by atoms with van der Waals surface area (Å²) in [6, 6.07) is 14.8. The minimum Gasteiger partial charge on any atom is -0.432 e. The molecular weight excluding hydrogens is 507 g/mol. The summed E-state index contributed by atoms with van der Waals surface area (Å²) in [7, 11) is -3.53. The van der Waals surface area contributed by atoms with E-state index in [9.17, 15) is 12.8 Å². The maximum atomic E-state index is 13.5. The largest absolute Gasteiger partial charge is 0.432 e. The lowest BCUT2D eigenvalue weighted by Crippen LogP contribution is -2.42. The number of hydrogen-bond donors (Lipinski definition) is 1. The fourth-order valence-corrected chi connectivity index (χ4v) is 6.15. The van der Waals surface area contributed by atoms with Crippen molar-refractivity contribution in [2.24, 2.45) is 0 Å². The maximum absolute atomic E-state index is 13.5. The molecule has 9 nitrogen and oxygen atoms in total. The molecule has 0 amide bonds. The summed E-state index contributed by atoms with van der Waals surface area (Å²) in [5.74, 6) is 0.505. The van der Waals surface area contributed by atoms with E-state index in [-0.39, 0.29) is 11.9 Å². The first-order valence-electron chi connectivity index (χ1n) is 12.3. The van der Waals surface area contributed by atoms with Crippen LogP contribution in [0, 0.1) is 12.7 Å². The Labute approximate surface area is 219 Å². The van der Waals surface area contributed by atoms with E-state index in [0.29, 0.717) is 59.7 Å². The molecule has 0 spiro atoms. The van der Waals surface area contributed by atoms with E-state index in [2.05, 4.69) is 15.3 Å². The molecule has 11 heteroatoms. The Morgan fingerprint density at radius 3 is 2.47 bits per heavy atom. The second-order valence-electron chi connectivity index (χ2n) is 9.27. The van der Waals surface area contributed by atoms with Gasteiger partial charge in [-0.2, -0.15) is 9.29 Å². The normalized spacial score (nSPS) is 15.2. The fourth-order valence-electron chi connectivity index (χ4n) is 4.68. The van der Waals surface area contributed by atoms with Gasteiger partial charge < -0.3 is 9.73 Å². The van der Waals surface area contributed by atoms with Crippen LogP contribution in [0.25, 0.3) is 28.5 Å². The topological polar surface area (TPSA) is 106 Å². The third-order valence-corrected chi connectivity index (χ3v) is 8.64. The SMILES string of the molecule is Cc1ccc(S(=O)(=O)N2CCC(Nc3nccc(-c4c(-c5ccc(F)cc5)nc5occn45)n3)CC2)cc1. The number of nitrogens with one attached hydrogen (secondary N) is 1. The quantitative estimate of drug-likeness (QED) is 0.336. The summed E-state index contributed by atoms with van der Waals surface area (Å²) in [5, 5.41) is 3.36. The number of halogens is 1. The molecule has 1 saturated heterocycles. The lowest BCUT2D eigenvalue weighted by atomic mass is 10.1. The molecule has 1 fully saturated rings. The van der Waals surface area contributed by atoms with Crippen LogP contribution in [0.3, 0.4) is 0 Å². The number of fused-ring (bicyclic) bond motifs is 1. The summed E-state index contributed by atoms with van der Waals surface area (Å²) < 4.78 is 48.4. The number of imidazole rings is 1. The molecule has 0 aliphatic carbocycles. The molecule has 5 aromatic rings. The summed E-state index contributed by atoms with van der Waals surface area (Å²) in [4.78, 5) is 14.0. The second-order valence-corrected chi connectivity index (χ2v) is 11.2. The van der Waals surface area contributed by atoms with Crippen molar-refractivity contribution in [1.82, 2.24) is 23.7 Å². The fraction of sp³-hybridized carbons (Fsp3) is 0.222. The maximum Gasteiger partial charge on any atom is 0.306 e. The van der Waals surface area contributed by atoms with Crippen molar-refractivity contribution in [2.45, 2.75) is 30.7 Å². The van der Waals surface area contributed by atoms with Gasteiger partial charge in [0.05, 0.1) is 10.6 Å². The van der Waals surface area contributed by atoms with Crippen LogP contribution in [0.5, 0.6) is 0 Å². The zero-order valence-electron chi connectivity index (χ0n) is 20.6. The first kappa shape index (κ1) is 24.3. The van der Waals surface area contributed by atoms with E-state index < -0.39 is 10.0 Å². The first-order valence-corrected chi connectivity index (χ1v) is 13.7. The highest BCUT2D eigenvalue weighted by Crippen LogP contribution is 2.32. The Morgan fingerprint density at radius 2 is 1.74 bits per heavy atom. The van der Waals surface area contributed by atoms with E-state index in [0.717, 1.165) is 11.1 Å². The Hall–Kier alpha value is -4.09. The number of anilines is 1. The molecule has 1 aliphatic heterocycles. The molecule has 6 rings (SSSR count). The van der Waals surface area contributed by atoms with E-state index in [1.54, 1.807) is 53.4 Å². The summed E-state index contributed by atoms with van der Waals surface area (Å²) in [6.45, 7) is 2.74. The van der Waals surface area contributed by atoms with Crippen LogP contribution in [0.4, 0.5) is 10.3 Å². The number of benzene rings is 2. The van der Waals surface area contributed by atoms with Gasteiger partial charge in [0.15, 0.2) is 0 Å². The monoisotopic (exact) mass is 532 g/mol. The highest BCUT2D eigenvalue weighted by atomic mass is 32.2. The van der Waals surface area contributed by atoms with Gasteiger partial charge in [-0.3, -0.25) is 4.40 Å². The third kappa shape index (κ3) is 4.54. The molecule has 0 radical (unpaired) electrons. The Morgan fingerprint density at radius 1 is 1.00 bits per heavy atom. The molecule has 3 aromatic heterocycles. The molecule has 1 aliphatic rings. The number of rotatable bonds is 6. The van der Waals surface area contributed by atoms with Crippen LogP contribution < -0.4 is 5.32 Å². The summed E-state index contributed by atoms with van der Waals surface area (Å²) in [6.07, 6.45) is 6.20. The van der Waals surface area contributed by atoms with Gasteiger partial charge in [0, 0.05) is 37.1 Å². The van der Waals surface area contributed by atoms with Crippen molar-refractivity contribution in [3.8, 4) is 22.6 Å². The van der Waals surface area contributed by atoms with Crippen LogP contribution in [0.1, 0.15) is 18.4 Å². The van der Waals surface area contributed by atoms with Crippen LogP contribution in [-0.2, 0) is 10.0 Å². The van der Waals surface area contributed by atoms with Crippen LogP contribution in [-0.4, -0.2) is 51.2 Å². The molecule has 1 N–H and O–H groups in total. The van der Waals surface area contributed by atoms with Gasteiger partial charge in [-0.05, 0) is 62.2 Å². The minimum atomic E-state index is -3.53. The minimum absolute atomic E-state index is 0.0191. The van der Waals surface area contributed by atoms with E-state index >= 15 is 0 Å². The average molecular weight is 533 g/mol. The Bertz CT molecular complexity index is 1690. The molecule has 0 unspecified atom stereocenters. The van der Waals surface area contributed by atoms with Crippen molar-refractivity contribution in [1.29, 1.82) is 0 Å². The molecular formula is C27H25FN6O3S. The van der Waals surface area contributed by atoms with Gasteiger partial charge in [0.2, 0.25) is 16.0 Å². The molecule has 38 heavy (non-hydrogen) atoms. The zero-order valence-corrected chi connectivity index (χ0v) is 21.4. The number of aryl methyl sites for hydroxylation is 1. The average Bonchev–Trinajstić information content (AvgIpc) is 3.52. The highest BCUT2D eigenvalue weighted by molar-refractivity contribution is 7.89. The van der Waals surface area contributed by atoms with Crippen molar-refractivity contribution in [2.75, 3.05) is 18.4 Å². The lowest BCUT2D eigenvalue weighted by Gasteiger charge is -2.31. The van der Waals surface area contributed by atoms with Gasteiger partial charge in [-0.15, -0.1) is 0 Å². The molecule has 0 saturated carbocycles. The van der Waals surface area contributed by atoms with E-state index in [4.69, 9.17) is 9.40 Å². The lowest BCUT2D eigenvalue weighted by molar-refractivity contribution is 0.329. The third-order valence-electron chi connectivity index (χ3n) is 6.72. The van der Waals surface area contributed by atoms with Gasteiger partial charge in [0.25, 0.3) is 0 Å². The standard InChI is InChI=1S/C27H25FN6O3S/c1-18-2-8-22(9-3-18)38(35,36)33-14-11-21(12-15-33)30-26-29-13-10-23(31-26)25-24(19-4-6-20(28)7-5-19)32-27-34(25)16-17-37-27/h2-10,13,16-17,21H,11-12,14-15H2,1H3,(H,29,30,31). The van der Waals surface area contributed by atoms with Gasteiger partial charge in [-0.1, -0.05) is 17.7 Å². The molecule has 194 valence electrons. The number of sulfonamides is 1. The number of piperidine rings is 1. The molecule has 4 heterocycles. The van der Waals surface area contributed by atoms with E-state index in [1.807, 2.05) is 19.1 Å². The Balaban J connectivity index is 1.21. The van der Waals surface area contributed by atoms with Gasteiger partial charge >= 0.3 is 5.84 Å². The van der Waals surface area contributed by atoms with Gasteiger partial charge in [0.1, 0.15) is 23.5 Å². The zero-order chi connectivity index (χ0) is 26.3. The first-order chi connectivity index (χ1) is 18.4.